The number of carbonyl (C=O) groups excluding carboxylic acids is 1. The molecule has 0 radical (unpaired) electrons. The van der Waals surface area contributed by atoms with E-state index in [1.54, 1.807) is 18.3 Å². The summed E-state index contributed by atoms with van der Waals surface area (Å²) in [7, 11) is 0. The van der Waals surface area contributed by atoms with E-state index in [9.17, 15) is 9.59 Å². The Bertz CT molecular complexity index is 1030. The lowest BCUT2D eigenvalue weighted by atomic mass is 9.99. The SMILES string of the molecule is Cc1ccc(C2CCCN2C(=O)Cn2nc3ccccn3c2=O)cc1C. The van der Waals surface area contributed by atoms with E-state index in [0.29, 0.717) is 5.65 Å². The summed E-state index contributed by atoms with van der Waals surface area (Å²) in [5.74, 6) is -0.0590. The molecule has 0 N–H and O–H groups in total. The molecule has 0 spiro atoms. The molecule has 6 nitrogen and oxygen atoms in total. The highest BCUT2D eigenvalue weighted by molar-refractivity contribution is 5.76. The molecule has 0 saturated carbocycles. The molecule has 1 fully saturated rings. The molecular formula is C20H22N4O2. The van der Waals surface area contributed by atoms with Gasteiger partial charge in [0.05, 0.1) is 6.04 Å². The van der Waals surface area contributed by atoms with Crippen LogP contribution in [0.5, 0.6) is 0 Å². The summed E-state index contributed by atoms with van der Waals surface area (Å²) in [6, 6.07) is 11.8. The van der Waals surface area contributed by atoms with E-state index < -0.39 is 0 Å². The molecule has 26 heavy (non-hydrogen) atoms. The maximum atomic E-state index is 12.9. The average Bonchev–Trinajstić information content (AvgIpc) is 3.23. The van der Waals surface area contributed by atoms with Crippen LogP contribution in [0.1, 0.15) is 35.6 Å². The van der Waals surface area contributed by atoms with Crippen molar-refractivity contribution < 1.29 is 4.79 Å². The van der Waals surface area contributed by atoms with Crippen molar-refractivity contribution in [2.45, 2.75) is 39.3 Å². The highest BCUT2D eigenvalue weighted by Crippen LogP contribution is 2.32. The standard InChI is InChI=1S/C20H22N4O2/c1-14-8-9-16(12-15(14)2)17-6-5-11-22(17)19(25)13-24-20(26)23-10-4-3-7-18(23)21-24/h3-4,7-10,12,17H,5-6,11,13H2,1-2H3. The van der Waals surface area contributed by atoms with Crippen LogP contribution in [-0.4, -0.2) is 31.5 Å². The Hall–Kier alpha value is -2.89. The minimum atomic E-state index is -0.282. The Kier molecular flexibility index (Phi) is 4.11. The molecule has 1 saturated heterocycles. The molecule has 1 atom stereocenters. The second-order valence-electron chi connectivity index (χ2n) is 6.96. The van der Waals surface area contributed by atoms with E-state index in [4.69, 9.17) is 0 Å². The summed E-state index contributed by atoms with van der Waals surface area (Å²) in [4.78, 5) is 27.2. The first-order chi connectivity index (χ1) is 12.5. The van der Waals surface area contributed by atoms with Gasteiger partial charge in [0.15, 0.2) is 5.65 Å². The monoisotopic (exact) mass is 350 g/mol. The zero-order valence-electron chi connectivity index (χ0n) is 15.1. The third kappa shape index (κ3) is 2.81. The van der Waals surface area contributed by atoms with Gasteiger partial charge in [0.2, 0.25) is 5.91 Å². The topological polar surface area (TPSA) is 59.6 Å². The van der Waals surface area contributed by atoms with E-state index in [-0.39, 0.29) is 24.2 Å². The molecule has 1 unspecified atom stereocenters. The normalized spacial score (nSPS) is 17.2. The fourth-order valence-corrected chi connectivity index (χ4v) is 3.67. The van der Waals surface area contributed by atoms with Crippen molar-refractivity contribution in [2.75, 3.05) is 6.54 Å². The minimum Gasteiger partial charge on any atom is -0.334 e. The van der Waals surface area contributed by atoms with Gasteiger partial charge in [0.25, 0.3) is 0 Å². The molecule has 1 aromatic carbocycles. The third-order valence-electron chi connectivity index (χ3n) is 5.26. The highest BCUT2D eigenvalue weighted by Gasteiger charge is 2.30. The molecule has 3 heterocycles. The van der Waals surface area contributed by atoms with Gasteiger partial charge in [-0.3, -0.25) is 9.20 Å². The summed E-state index contributed by atoms with van der Waals surface area (Å²) >= 11 is 0. The number of carbonyl (C=O) groups is 1. The Morgan fingerprint density at radius 1 is 1.19 bits per heavy atom. The number of rotatable bonds is 3. The molecule has 3 aromatic rings. The van der Waals surface area contributed by atoms with Gasteiger partial charge in [0, 0.05) is 12.7 Å². The predicted octanol–water partition coefficient (Wildman–Crippen LogP) is 2.48. The summed E-state index contributed by atoms with van der Waals surface area (Å²) < 4.78 is 2.71. The number of likely N-dealkylation sites (tertiary alicyclic amines) is 1. The Morgan fingerprint density at radius 2 is 2.04 bits per heavy atom. The first-order valence-corrected chi connectivity index (χ1v) is 8.95. The van der Waals surface area contributed by atoms with Crippen LogP contribution in [0.2, 0.25) is 0 Å². The lowest BCUT2D eigenvalue weighted by molar-refractivity contribution is -0.133. The molecule has 2 aromatic heterocycles. The van der Waals surface area contributed by atoms with Gasteiger partial charge >= 0.3 is 5.69 Å². The number of aryl methyl sites for hydroxylation is 2. The van der Waals surface area contributed by atoms with Crippen molar-refractivity contribution in [3.63, 3.8) is 0 Å². The van der Waals surface area contributed by atoms with Crippen molar-refractivity contribution in [1.82, 2.24) is 19.1 Å². The third-order valence-corrected chi connectivity index (χ3v) is 5.26. The van der Waals surface area contributed by atoms with E-state index >= 15 is 0 Å². The summed E-state index contributed by atoms with van der Waals surface area (Å²) in [6.45, 7) is 4.88. The van der Waals surface area contributed by atoms with Crippen LogP contribution in [0.3, 0.4) is 0 Å². The van der Waals surface area contributed by atoms with E-state index in [1.807, 2.05) is 11.0 Å². The number of hydrogen-bond donors (Lipinski definition) is 0. The largest absolute Gasteiger partial charge is 0.350 e. The van der Waals surface area contributed by atoms with Crippen LogP contribution >= 0.6 is 0 Å². The van der Waals surface area contributed by atoms with Crippen LogP contribution < -0.4 is 5.69 Å². The van der Waals surface area contributed by atoms with Crippen LogP contribution in [-0.2, 0) is 11.3 Å². The zero-order chi connectivity index (χ0) is 18.3. The van der Waals surface area contributed by atoms with E-state index in [2.05, 4.69) is 37.1 Å². The maximum Gasteiger partial charge on any atom is 0.350 e. The number of hydrogen-bond acceptors (Lipinski definition) is 3. The molecule has 0 bridgehead atoms. The average molecular weight is 350 g/mol. The quantitative estimate of drug-likeness (QED) is 0.729. The van der Waals surface area contributed by atoms with Gasteiger partial charge in [-0.25, -0.2) is 9.48 Å². The molecule has 1 aliphatic rings. The minimum absolute atomic E-state index is 0.0259. The van der Waals surface area contributed by atoms with Gasteiger partial charge in [-0.1, -0.05) is 24.3 Å². The fourth-order valence-electron chi connectivity index (χ4n) is 3.67. The van der Waals surface area contributed by atoms with Gasteiger partial charge in [-0.15, -0.1) is 5.10 Å². The van der Waals surface area contributed by atoms with Crippen LogP contribution in [0.4, 0.5) is 0 Å². The maximum absolute atomic E-state index is 12.9. The number of amides is 1. The van der Waals surface area contributed by atoms with Crippen molar-refractivity contribution in [3.8, 4) is 0 Å². The van der Waals surface area contributed by atoms with Crippen molar-refractivity contribution in [3.05, 3.63) is 69.8 Å². The highest BCUT2D eigenvalue weighted by atomic mass is 16.2. The number of benzene rings is 1. The van der Waals surface area contributed by atoms with Gasteiger partial charge in [-0.05, 0) is 55.5 Å². The molecule has 4 rings (SSSR count). The van der Waals surface area contributed by atoms with Crippen molar-refractivity contribution in [2.24, 2.45) is 0 Å². The summed E-state index contributed by atoms with van der Waals surface area (Å²) in [5, 5.41) is 4.27. The molecule has 6 heteroatoms. The van der Waals surface area contributed by atoms with Crippen molar-refractivity contribution >= 4 is 11.6 Å². The van der Waals surface area contributed by atoms with E-state index in [0.717, 1.165) is 19.4 Å². The lowest BCUT2D eigenvalue weighted by Crippen LogP contribution is -2.36. The van der Waals surface area contributed by atoms with E-state index in [1.165, 1.54) is 25.8 Å². The second-order valence-corrected chi connectivity index (χ2v) is 6.96. The van der Waals surface area contributed by atoms with Crippen molar-refractivity contribution in [1.29, 1.82) is 0 Å². The summed E-state index contributed by atoms with van der Waals surface area (Å²) in [6.07, 6.45) is 3.59. The Labute approximate surface area is 151 Å². The number of nitrogens with zero attached hydrogens (tertiary/aromatic N) is 4. The molecule has 1 aliphatic heterocycles. The van der Waals surface area contributed by atoms with Crippen LogP contribution in [0.25, 0.3) is 5.65 Å². The van der Waals surface area contributed by atoms with Crippen LogP contribution in [0.15, 0.2) is 47.4 Å². The molecule has 1 amide bonds. The fraction of sp³-hybridized carbons (Fsp3) is 0.350. The smallest absolute Gasteiger partial charge is 0.334 e. The van der Waals surface area contributed by atoms with Crippen LogP contribution in [0, 0.1) is 13.8 Å². The number of pyridine rings is 1. The Morgan fingerprint density at radius 3 is 2.81 bits per heavy atom. The first kappa shape index (κ1) is 16.6. The Balaban J connectivity index is 1.59. The van der Waals surface area contributed by atoms with Gasteiger partial charge in [0.1, 0.15) is 6.54 Å². The first-order valence-electron chi connectivity index (χ1n) is 8.95. The van der Waals surface area contributed by atoms with Gasteiger partial charge < -0.3 is 4.90 Å². The molecule has 0 aliphatic carbocycles. The number of aromatic nitrogens is 3. The predicted molar refractivity (Wildman–Crippen MR) is 99.1 cm³/mol. The molecule has 134 valence electrons. The van der Waals surface area contributed by atoms with Gasteiger partial charge in [-0.2, -0.15) is 0 Å². The zero-order valence-corrected chi connectivity index (χ0v) is 15.1. The summed E-state index contributed by atoms with van der Waals surface area (Å²) in [5.41, 5.74) is 3.92. The second kappa shape index (κ2) is 6.44. The lowest BCUT2D eigenvalue weighted by Gasteiger charge is -2.25. The number of fused-ring (bicyclic) bond motifs is 1. The molecular weight excluding hydrogens is 328 g/mol.